The van der Waals surface area contributed by atoms with Gasteiger partial charge in [-0.25, -0.2) is 9.59 Å². The van der Waals surface area contributed by atoms with E-state index in [-0.39, 0.29) is 6.61 Å². The first kappa shape index (κ1) is 26.5. The minimum atomic E-state index is -0.539. The molecule has 0 aliphatic carbocycles. The second kappa shape index (κ2) is 18.2. The van der Waals surface area contributed by atoms with Gasteiger partial charge in [0, 0.05) is 12.2 Å². The fourth-order valence-electron chi connectivity index (χ4n) is 3.04. The third kappa shape index (κ3) is 14.1. The maximum Gasteiger partial charge on any atom is 0.342 e. The lowest BCUT2D eigenvalue weighted by Gasteiger charge is -2.06. The zero-order valence-electron chi connectivity index (χ0n) is 19.2. The van der Waals surface area contributed by atoms with Crippen LogP contribution in [0.2, 0.25) is 0 Å². The molecule has 0 saturated heterocycles. The van der Waals surface area contributed by atoms with Crippen LogP contribution < -0.4 is 5.32 Å². The highest BCUT2D eigenvalue weighted by Gasteiger charge is 2.05. The van der Waals surface area contributed by atoms with E-state index in [4.69, 9.17) is 9.47 Å². The summed E-state index contributed by atoms with van der Waals surface area (Å²) in [4.78, 5) is 23.1. The Morgan fingerprint density at radius 2 is 1.52 bits per heavy atom. The predicted molar refractivity (Wildman–Crippen MR) is 127 cm³/mol. The van der Waals surface area contributed by atoms with E-state index in [1.807, 2.05) is 12.1 Å². The van der Waals surface area contributed by atoms with Crippen molar-refractivity contribution < 1.29 is 19.1 Å². The second-order valence-electron chi connectivity index (χ2n) is 7.49. The van der Waals surface area contributed by atoms with Crippen molar-refractivity contribution in [3.8, 4) is 0 Å². The number of allylic oxidation sites excluding steroid dienone is 2. The number of nitrogens with one attached hydrogen (secondary N) is 1. The smallest absolute Gasteiger partial charge is 0.342 e. The first-order valence-corrected chi connectivity index (χ1v) is 11.7. The fraction of sp³-hybridized carbons (Fsp3) is 0.538. The quantitative estimate of drug-likeness (QED) is 0.0969. The number of benzene rings is 1. The van der Waals surface area contributed by atoms with Crippen LogP contribution >= 0.6 is 0 Å². The molecular weight excluding hydrogens is 390 g/mol. The van der Waals surface area contributed by atoms with Gasteiger partial charge in [0.1, 0.15) is 6.26 Å². The Hall–Kier alpha value is -2.56. The van der Waals surface area contributed by atoms with Crippen LogP contribution in [-0.2, 0) is 14.3 Å². The fourth-order valence-corrected chi connectivity index (χ4v) is 3.04. The monoisotopic (exact) mass is 429 g/mol. The zero-order chi connectivity index (χ0) is 22.6. The summed E-state index contributed by atoms with van der Waals surface area (Å²) in [5.74, 6) is -1.05. The van der Waals surface area contributed by atoms with Crippen LogP contribution in [0, 0.1) is 0 Å². The lowest BCUT2D eigenvalue weighted by atomic mass is 10.1. The summed E-state index contributed by atoms with van der Waals surface area (Å²) in [6.07, 6.45) is 19.5. The van der Waals surface area contributed by atoms with E-state index in [0.29, 0.717) is 5.56 Å². The van der Waals surface area contributed by atoms with Crippen LogP contribution in [0.3, 0.4) is 0 Å². The highest BCUT2D eigenvalue weighted by Crippen LogP contribution is 2.12. The first-order valence-electron chi connectivity index (χ1n) is 11.7. The Morgan fingerprint density at radius 1 is 0.871 bits per heavy atom. The summed E-state index contributed by atoms with van der Waals surface area (Å²) < 4.78 is 9.63. The van der Waals surface area contributed by atoms with Gasteiger partial charge in [0.15, 0.2) is 0 Å². The van der Waals surface area contributed by atoms with Crippen molar-refractivity contribution in [3.05, 3.63) is 54.3 Å². The normalized spacial score (nSPS) is 11.2. The van der Waals surface area contributed by atoms with Gasteiger partial charge in [-0.1, -0.05) is 57.6 Å². The van der Waals surface area contributed by atoms with Crippen LogP contribution in [-0.4, -0.2) is 25.1 Å². The molecule has 31 heavy (non-hydrogen) atoms. The molecule has 0 atom stereocenters. The largest absolute Gasteiger partial charge is 0.463 e. The molecular formula is C26H39NO4. The molecule has 1 aromatic carbocycles. The Labute approximate surface area is 187 Å². The van der Waals surface area contributed by atoms with Crippen LogP contribution in [0.25, 0.3) is 0 Å². The standard InChI is InChI=1S/C26H39NO4/c1-3-5-6-7-8-9-10-11-12-13-14-15-21-27-24-18-16-23(17-19-24)26(29)31-22-20-25(28)30-4-2/h12-13,16-20,22,27H,3-11,14-15,21H2,1-2H3/b13-12+,22-20+. The number of anilines is 1. The van der Waals surface area contributed by atoms with Crippen molar-refractivity contribution in [3.63, 3.8) is 0 Å². The van der Waals surface area contributed by atoms with E-state index in [1.54, 1.807) is 19.1 Å². The first-order chi connectivity index (χ1) is 15.2. The number of hydrogen-bond donors (Lipinski definition) is 1. The lowest BCUT2D eigenvalue weighted by molar-refractivity contribution is -0.137. The molecule has 0 aliphatic rings. The van der Waals surface area contributed by atoms with E-state index in [9.17, 15) is 9.59 Å². The molecule has 172 valence electrons. The maximum atomic E-state index is 11.9. The highest BCUT2D eigenvalue weighted by molar-refractivity contribution is 5.90. The van der Waals surface area contributed by atoms with Gasteiger partial charge in [-0.05, 0) is 56.9 Å². The molecule has 0 saturated carbocycles. The number of hydrogen-bond acceptors (Lipinski definition) is 5. The molecule has 1 rings (SSSR count). The Balaban J connectivity index is 2.11. The van der Waals surface area contributed by atoms with Crippen molar-refractivity contribution in [1.82, 2.24) is 0 Å². The average Bonchev–Trinajstić information content (AvgIpc) is 2.77. The van der Waals surface area contributed by atoms with Crippen molar-refractivity contribution in [2.24, 2.45) is 0 Å². The third-order valence-electron chi connectivity index (χ3n) is 4.80. The minimum absolute atomic E-state index is 0.279. The molecule has 5 heteroatoms. The number of carbonyl (C=O) groups is 2. The molecule has 0 unspecified atom stereocenters. The zero-order valence-corrected chi connectivity index (χ0v) is 19.2. The SMILES string of the molecule is CCCCCCCCC/C=C/CCCNc1ccc(C(=O)O/C=C/C(=O)OCC)cc1. The van der Waals surface area contributed by atoms with E-state index >= 15 is 0 Å². The molecule has 1 aromatic rings. The molecule has 0 heterocycles. The van der Waals surface area contributed by atoms with Gasteiger partial charge < -0.3 is 14.8 Å². The number of unbranched alkanes of at least 4 members (excludes halogenated alkanes) is 8. The lowest BCUT2D eigenvalue weighted by Crippen LogP contribution is -2.04. The average molecular weight is 430 g/mol. The van der Waals surface area contributed by atoms with Gasteiger partial charge in [0.05, 0.1) is 18.2 Å². The molecule has 1 N–H and O–H groups in total. The van der Waals surface area contributed by atoms with Gasteiger partial charge in [0.2, 0.25) is 0 Å². The van der Waals surface area contributed by atoms with Gasteiger partial charge in [0.25, 0.3) is 0 Å². The van der Waals surface area contributed by atoms with Crippen molar-refractivity contribution in [2.75, 3.05) is 18.5 Å². The van der Waals surface area contributed by atoms with Gasteiger partial charge in [-0.3, -0.25) is 0 Å². The molecule has 0 aliphatic heterocycles. The topological polar surface area (TPSA) is 64.6 Å². The Bertz CT molecular complexity index is 664. The molecule has 0 bridgehead atoms. The summed E-state index contributed by atoms with van der Waals surface area (Å²) in [7, 11) is 0. The van der Waals surface area contributed by atoms with E-state index < -0.39 is 11.9 Å². The van der Waals surface area contributed by atoms with Crippen LogP contribution in [0.15, 0.2) is 48.8 Å². The van der Waals surface area contributed by atoms with E-state index in [2.05, 4.69) is 24.4 Å². The summed E-state index contributed by atoms with van der Waals surface area (Å²) in [5.41, 5.74) is 1.39. The van der Waals surface area contributed by atoms with Crippen molar-refractivity contribution in [2.45, 2.75) is 78.1 Å². The maximum absolute atomic E-state index is 11.9. The summed E-state index contributed by atoms with van der Waals surface area (Å²) in [6.45, 7) is 5.13. The molecule has 0 fully saturated rings. The van der Waals surface area contributed by atoms with Gasteiger partial charge >= 0.3 is 11.9 Å². The number of carbonyl (C=O) groups excluding carboxylic acids is 2. The molecule has 5 nitrogen and oxygen atoms in total. The van der Waals surface area contributed by atoms with Crippen molar-refractivity contribution in [1.29, 1.82) is 0 Å². The van der Waals surface area contributed by atoms with Crippen molar-refractivity contribution >= 4 is 17.6 Å². The summed E-state index contributed by atoms with van der Waals surface area (Å²) in [5, 5.41) is 3.36. The van der Waals surface area contributed by atoms with Crippen LogP contribution in [0.4, 0.5) is 5.69 Å². The number of esters is 2. The van der Waals surface area contributed by atoms with Gasteiger partial charge in [-0.15, -0.1) is 0 Å². The highest BCUT2D eigenvalue weighted by atomic mass is 16.5. The summed E-state index contributed by atoms with van der Waals surface area (Å²) >= 11 is 0. The molecule has 0 aromatic heterocycles. The second-order valence-corrected chi connectivity index (χ2v) is 7.49. The number of rotatable bonds is 17. The Kier molecular flexibility index (Phi) is 15.6. The van der Waals surface area contributed by atoms with Crippen LogP contribution in [0.1, 0.15) is 88.4 Å². The molecule has 0 radical (unpaired) electrons. The van der Waals surface area contributed by atoms with E-state index in [0.717, 1.165) is 37.4 Å². The predicted octanol–water partition coefficient (Wildman–Crippen LogP) is 6.81. The third-order valence-corrected chi connectivity index (χ3v) is 4.80. The molecule has 0 amide bonds. The van der Waals surface area contributed by atoms with E-state index in [1.165, 1.54) is 51.4 Å². The minimum Gasteiger partial charge on any atom is -0.463 e. The van der Waals surface area contributed by atoms with Crippen LogP contribution in [0.5, 0.6) is 0 Å². The summed E-state index contributed by atoms with van der Waals surface area (Å²) in [6, 6.07) is 7.10. The molecule has 0 spiro atoms. The van der Waals surface area contributed by atoms with Gasteiger partial charge in [-0.2, -0.15) is 0 Å². The number of ether oxygens (including phenoxy) is 2. The Morgan fingerprint density at radius 3 is 2.19 bits per heavy atom.